The first-order valence-corrected chi connectivity index (χ1v) is 5.59. The molecule has 2 aromatic rings. The van der Waals surface area contributed by atoms with Crippen LogP contribution in [0.2, 0.25) is 0 Å². The molecule has 6 heteroatoms. The highest BCUT2D eigenvalue weighted by Crippen LogP contribution is 2.22. The molecule has 0 aliphatic heterocycles. The number of amides is 1. The SMILES string of the molecule is Cc1cc([N+](=O)[O-])ccc1NC(=O)c1ccoc1C. The van der Waals surface area contributed by atoms with Crippen molar-refractivity contribution in [2.45, 2.75) is 13.8 Å². The standard InChI is InChI=1S/C13H12N2O4/c1-8-7-10(15(17)18)3-4-12(8)14-13(16)11-5-6-19-9(11)2/h3-7H,1-2H3,(H,14,16). The zero-order chi connectivity index (χ0) is 14.0. The van der Waals surface area contributed by atoms with Gasteiger partial charge < -0.3 is 9.73 Å². The van der Waals surface area contributed by atoms with Crippen LogP contribution < -0.4 is 5.32 Å². The van der Waals surface area contributed by atoms with Crippen LogP contribution in [0.1, 0.15) is 21.7 Å². The summed E-state index contributed by atoms with van der Waals surface area (Å²) in [7, 11) is 0. The average molecular weight is 260 g/mol. The Balaban J connectivity index is 2.23. The second kappa shape index (κ2) is 4.93. The number of benzene rings is 1. The van der Waals surface area contributed by atoms with E-state index >= 15 is 0 Å². The van der Waals surface area contributed by atoms with E-state index in [1.807, 2.05) is 0 Å². The molecular weight excluding hydrogens is 248 g/mol. The molecule has 0 atom stereocenters. The first-order chi connectivity index (χ1) is 8.99. The van der Waals surface area contributed by atoms with Gasteiger partial charge in [-0.1, -0.05) is 0 Å². The number of rotatable bonds is 3. The third kappa shape index (κ3) is 2.62. The summed E-state index contributed by atoms with van der Waals surface area (Å²) in [4.78, 5) is 22.1. The Labute approximate surface area is 109 Å². The summed E-state index contributed by atoms with van der Waals surface area (Å²) in [6, 6.07) is 5.86. The first kappa shape index (κ1) is 12.8. The van der Waals surface area contributed by atoms with Gasteiger partial charge in [0.1, 0.15) is 5.76 Å². The van der Waals surface area contributed by atoms with Crippen LogP contribution in [0.25, 0.3) is 0 Å². The minimum Gasteiger partial charge on any atom is -0.469 e. The van der Waals surface area contributed by atoms with Crippen LogP contribution in [0.5, 0.6) is 0 Å². The lowest BCUT2D eigenvalue weighted by Crippen LogP contribution is -2.13. The fourth-order valence-corrected chi connectivity index (χ4v) is 1.71. The maximum absolute atomic E-state index is 12.0. The zero-order valence-corrected chi connectivity index (χ0v) is 10.5. The summed E-state index contributed by atoms with van der Waals surface area (Å²) in [5.74, 6) is 0.222. The predicted octanol–water partition coefficient (Wildman–Crippen LogP) is 3.06. The molecule has 2 rings (SSSR count). The number of aryl methyl sites for hydroxylation is 2. The fourth-order valence-electron chi connectivity index (χ4n) is 1.71. The summed E-state index contributed by atoms with van der Waals surface area (Å²) < 4.78 is 5.05. The molecule has 0 bridgehead atoms. The quantitative estimate of drug-likeness (QED) is 0.678. The highest BCUT2D eigenvalue weighted by atomic mass is 16.6. The molecule has 1 aromatic carbocycles. The van der Waals surface area contributed by atoms with Crippen LogP contribution >= 0.6 is 0 Å². The number of nitro groups is 1. The fraction of sp³-hybridized carbons (Fsp3) is 0.154. The molecule has 6 nitrogen and oxygen atoms in total. The largest absolute Gasteiger partial charge is 0.469 e. The highest BCUT2D eigenvalue weighted by molar-refractivity contribution is 6.05. The van der Waals surface area contributed by atoms with Gasteiger partial charge in [0.2, 0.25) is 0 Å². The molecule has 0 radical (unpaired) electrons. The van der Waals surface area contributed by atoms with Gasteiger partial charge in [0.15, 0.2) is 0 Å². The van der Waals surface area contributed by atoms with Crippen molar-refractivity contribution in [3.8, 4) is 0 Å². The third-order valence-corrected chi connectivity index (χ3v) is 2.77. The number of carbonyl (C=O) groups is 1. The van der Waals surface area contributed by atoms with Crippen molar-refractivity contribution in [1.29, 1.82) is 0 Å². The van der Waals surface area contributed by atoms with Crippen molar-refractivity contribution in [3.05, 3.63) is 57.5 Å². The lowest BCUT2D eigenvalue weighted by molar-refractivity contribution is -0.384. The minimum absolute atomic E-state index is 0.00464. The normalized spacial score (nSPS) is 10.2. The van der Waals surface area contributed by atoms with E-state index < -0.39 is 4.92 Å². The number of carbonyl (C=O) groups excluding carboxylic acids is 1. The number of nitrogens with one attached hydrogen (secondary N) is 1. The van der Waals surface area contributed by atoms with Crippen LogP contribution in [0, 0.1) is 24.0 Å². The lowest BCUT2D eigenvalue weighted by atomic mass is 10.1. The molecule has 19 heavy (non-hydrogen) atoms. The monoisotopic (exact) mass is 260 g/mol. The van der Waals surface area contributed by atoms with Crippen LogP contribution in [0.3, 0.4) is 0 Å². The van der Waals surface area contributed by atoms with Crippen molar-refractivity contribution < 1.29 is 14.1 Å². The number of nitro benzene ring substituents is 1. The Morgan fingerprint density at radius 2 is 2.05 bits per heavy atom. The Hall–Kier alpha value is -2.63. The molecule has 98 valence electrons. The highest BCUT2D eigenvalue weighted by Gasteiger charge is 2.14. The number of nitrogens with zero attached hydrogens (tertiary/aromatic N) is 1. The topological polar surface area (TPSA) is 85.4 Å². The summed E-state index contributed by atoms with van der Waals surface area (Å²) in [5.41, 5.74) is 1.60. The molecule has 1 amide bonds. The summed E-state index contributed by atoms with van der Waals surface area (Å²) in [6.07, 6.45) is 1.44. The number of hydrogen-bond acceptors (Lipinski definition) is 4. The predicted molar refractivity (Wildman–Crippen MR) is 69.2 cm³/mol. The first-order valence-electron chi connectivity index (χ1n) is 5.59. The van der Waals surface area contributed by atoms with Crippen molar-refractivity contribution in [3.63, 3.8) is 0 Å². The summed E-state index contributed by atoms with van der Waals surface area (Å²) in [6.45, 7) is 3.39. The minimum atomic E-state index is -0.473. The summed E-state index contributed by atoms with van der Waals surface area (Å²) in [5, 5.41) is 13.3. The van der Waals surface area contributed by atoms with E-state index in [-0.39, 0.29) is 11.6 Å². The van der Waals surface area contributed by atoms with Gasteiger partial charge in [0, 0.05) is 17.8 Å². The van der Waals surface area contributed by atoms with E-state index in [9.17, 15) is 14.9 Å². The Kier molecular flexibility index (Phi) is 3.33. The number of hydrogen-bond donors (Lipinski definition) is 1. The van der Waals surface area contributed by atoms with E-state index in [2.05, 4.69) is 5.32 Å². The Bertz CT molecular complexity index is 646. The van der Waals surface area contributed by atoms with E-state index in [1.165, 1.54) is 24.5 Å². The van der Waals surface area contributed by atoms with Crippen molar-refractivity contribution in [2.24, 2.45) is 0 Å². The number of furan rings is 1. The van der Waals surface area contributed by atoms with E-state index in [0.29, 0.717) is 22.6 Å². The molecule has 0 saturated heterocycles. The lowest BCUT2D eigenvalue weighted by Gasteiger charge is -2.07. The van der Waals surface area contributed by atoms with Gasteiger partial charge in [-0.05, 0) is 31.5 Å². The van der Waals surface area contributed by atoms with Crippen LogP contribution in [-0.2, 0) is 0 Å². The molecule has 1 aromatic heterocycles. The van der Waals surface area contributed by atoms with Crippen molar-refractivity contribution in [1.82, 2.24) is 0 Å². The second-order valence-corrected chi connectivity index (χ2v) is 4.10. The smallest absolute Gasteiger partial charge is 0.269 e. The molecule has 1 N–H and O–H groups in total. The number of anilines is 1. The average Bonchev–Trinajstić information content (AvgIpc) is 2.77. The Morgan fingerprint density at radius 3 is 2.58 bits per heavy atom. The van der Waals surface area contributed by atoms with Crippen molar-refractivity contribution >= 4 is 17.3 Å². The van der Waals surface area contributed by atoms with Gasteiger partial charge in [0.25, 0.3) is 11.6 Å². The molecule has 1 heterocycles. The van der Waals surface area contributed by atoms with Crippen LogP contribution in [-0.4, -0.2) is 10.8 Å². The van der Waals surface area contributed by atoms with Gasteiger partial charge in [-0.15, -0.1) is 0 Å². The molecule has 0 aliphatic rings. The second-order valence-electron chi connectivity index (χ2n) is 4.10. The van der Waals surface area contributed by atoms with Gasteiger partial charge in [-0.25, -0.2) is 0 Å². The number of non-ortho nitro benzene ring substituents is 1. The van der Waals surface area contributed by atoms with E-state index in [0.717, 1.165) is 0 Å². The van der Waals surface area contributed by atoms with Gasteiger partial charge in [-0.2, -0.15) is 0 Å². The molecule has 0 spiro atoms. The molecule has 0 unspecified atom stereocenters. The van der Waals surface area contributed by atoms with Crippen molar-refractivity contribution in [2.75, 3.05) is 5.32 Å². The molecule has 0 aliphatic carbocycles. The summed E-state index contributed by atoms with van der Waals surface area (Å²) >= 11 is 0. The van der Waals surface area contributed by atoms with Gasteiger partial charge in [0.05, 0.1) is 16.7 Å². The van der Waals surface area contributed by atoms with E-state index in [4.69, 9.17) is 4.42 Å². The van der Waals surface area contributed by atoms with Crippen LogP contribution in [0.4, 0.5) is 11.4 Å². The van der Waals surface area contributed by atoms with Crippen LogP contribution in [0.15, 0.2) is 34.9 Å². The third-order valence-electron chi connectivity index (χ3n) is 2.77. The Morgan fingerprint density at radius 1 is 1.32 bits per heavy atom. The maximum atomic E-state index is 12.0. The zero-order valence-electron chi connectivity index (χ0n) is 10.5. The van der Waals surface area contributed by atoms with Gasteiger partial charge >= 0.3 is 0 Å². The molecule has 0 saturated carbocycles. The van der Waals surface area contributed by atoms with E-state index in [1.54, 1.807) is 19.9 Å². The van der Waals surface area contributed by atoms with Gasteiger partial charge in [-0.3, -0.25) is 14.9 Å². The molecular formula is C13H12N2O4. The molecule has 0 fully saturated rings. The maximum Gasteiger partial charge on any atom is 0.269 e.